The maximum atomic E-state index is 5.26. The van der Waals surface area contributed by atoms with E-state index in [1.54, 1.807) is 14.2 Å². The Kier molecular flexibility index (Phi) is 3.12. The number of rotatable bonds is 3. The van der Waals surface area contributed by atoms with Gasteiger partial charge < -0.3 is 8.85 Å². The van der Waals surface area contributed by atoms with E-state index >= 15 is 0 Å². The molecule has 1 rings (SSSR count). The van der Waals surface area contributed by atoms with E-state index in [1.807, 2.05) is 0 Å². The van der Waals surface area contributed by atoms with Crippen molar-refractivity contribution in [1.82, 2.24) is 0 Å². The van der Waals surface area contributed by atoms with E-state index in [9.17, 15) is 0 Å². The van der Waals surface area contributed by atoms with Crippen LogP contribution < -0.4 is 0 Å². The van der Waals surface area contributed by atoms with Gasteiger partial charge in [-0.05, 0) is 12.8 Å². The Balaban J connectivity index is 2.31. The van der Waals surface area contributed by atoms with Gasteiger partial charge >= 0.3 is 9.28 Å². The second-order valence-corrected chi connectivity index (χ2v) is 5.17. The summed E-state index contributed by atoms with van der Waals surface area (Å²) in [5, 5.41) is 0. The van der Waals surface area contributed by atoms with E-state index in [0.717, 1.165) is 12.8 Å². The van der Waals surface area contributed by atoms with E-state index in [4.69, 9.17) is 8.85 Å². The molecule has 10 heavy (non-hydrogen) atoms. The fourth-order valence-corrected chi connectivity index (χ4v) is 3.06. The zero-order valence-corrected chi connectivity index (χ0v) is 7.69. The van der Waals surface area contributed by atoms with Gasteiger partial charge in [0, 0.05) is 19.8 Å². The maximum Gasteiger partial charge on any atom is 0.324 e. The zero-order chi connectivity index (χ0) is 7.40. The van der Waals surface area contributed by atoms with Crippen molar-refractivity contribution in [2.45, 2.75) is 18.4 Å². The molecule has 0 aromatic rings. The van der Waals surface area contributed by atoms with Gasteiger partial charge in [-0.1, -0.05) is 12.2 Å². The molecule has 0 bridgehead atoms. The molecule has 58 valence electrons. The van der Waals surface area contributed by atoms with Crippen LogP contribution in [-0.2, 0) is 8.85 Å². The van der Waals surface area contributed by atoms with Crippen molar-refractivity contribution in [2.24, 2.45) is 0 Å². The third-order valence-corrected chi connectivity index (χ3v) is 4.14. The van der Waals surface area contributed by atoms with Crippen molar-refractivity contribution in [3.63, 3.8) is 0 Å². The van der Waals surface area contributed by atoms with Crippen molar-refractivity contribution in [2.75, 3.05) is 14.2 Å². The second kappa shape index (κ2) is 3.90. The van der Waals surface area contributed by atoms with Crippen LogP contribution in [0.3, 0.4) is 0 Å². The third kappa shape index (κ3) is 1.68. The van der Waals surface area contributed by atoms with Crippen molar-refractivity contribution in [3.8, 4) is 0 Å². The second-order valence-electron chi connectivity index (χ2n) is 2.54. The van der Waals surface area contributed by atoms with Gasteiger partial charge in [0.2, 0.25) is 0 Å². The Bertz CT molecular complexity index is 113. The number of allylic oxidation sites excluding steroid dienone is 2. The molecule has 0 aliphatic heterocycles. The van der Waals surface area contributed by atoms with Crippen LogP contribution in [0.15, 0.2) is 12.2 Å². The van der Waals surface area contributed by atoms with E-state index in [1.165, 1.54) is 0 Å². The Morgan fingerprint density at radius 2 is 1.70 bits per heavy atom. The highest BCUT2D eigenvalue weighted by atomic mass is 28.3. The van der Waals surface area contributed by atoms with E-state index in [0.29, 0.717) is 5.54 Å². The molecule has 1 aliphatic rings. The molecule has 0 unspecified atom stereocenters. The van der Waals surface area contributed by atoms with Gasteiger partial charge in [0.25, 0.3) is 0 Å². The van der Waals surface area contributed by atoms with Crippen LogP contribution in [0.2, 0.25) is 5.54 Å². The van der Waals surface area contributed by atoms with Crippen molar-refractivity contribution in [3.05, 3.63) is 12.2 Å². The summed E-state index contributed by atoms with van der Waals surface area (Å²) < 4.78 is 10.5. The standard InChI is InChI=1S/C7H14O2Si/c1-8-10(9-2)7-5-3-4-6-7/h3-4,7,10H,5-6H2,1-2H3. The van der Waals surface area contributed by atoms with Crippen molar-refractivity contribution < 1.29 is 8.85 Å². The van der Waals surface area contributed by atoms with Crippen LogP contribution >= 0.6 is 0 Å². The first kappa shape index (κ1) is 7.98. The molecule has 2 nitrogen and oxygen atoms in total. The highest BCUT2D eigenvalue weighted by Crippen LogP contribution is 2.27. The van der Waals surface area contributed by atoms with E-state index < -0.39 is 9.28 Å². The normalized spacial score (nSPS) is 19.1. The summed E-state index contributed by atoms with van der Waals surface area (Å²) in [6, 6.07) is 0. The Morgan fingerprint density at radius 3 is 2.10 bits per heavy atom. The molecule has 3 heteroatoms. The van der Waals surface area contributed by atoms with Crippen LogP contribution in [0.25, 0.3) is 0 Å². The van der Waals surface area contributed by atoms with Crippen LogP contribution in [-0.4, -0.2) is 23.5 Å². The molecule has 0 saturated heterocycles. The van der Waals surface area contributed by atoms with Crippen LogP contribution in [0.4, 0.5) is 0 Å². The fourth-order valence-electron chi connectivity index (χ4n) is 1.34. The average Bonchev–Trinajstić information content (AvgIpc) is 2.43. The van der Waals surface area contributed by atoms with Gasteiger partial charge in [-0.15, -0.1) is 0 Å². The van der Waals surface area contributed by atoms with Crippen molar-refractivity contribution >= 4 is 9.28 Å². The van der Waals surface area contributed by atoms with Gasteiger partial charge in [0.1, 0.15) is 0 Å². The predicted octanol–water partition coefficient (Wildman–Crippen LogP) is 1.22. The van der Waals surface area contributed by atoms with Gasteiger partial charge in [-0.2, -0.15) is 0 Å². The van der Waals surface area contributed by atoms with Gasteiger partial charge in [0.05, 0.1) is 0 Å². The first-order valence-corrected chi connectivity index (χ1v) is 5.20. The molecule has 0 N–H and O–H groups in total. The summed E-state index contributed by atoms with van der Waals surface area (Å²) in [5.74, 6) is 0. The average molecular weight is 158 g/mol. The molecule has 0 aromatic carbocycles. The molecule has 0 radical (unpaired) electrons. The zero-order valence-electron chi connectivity index (χ0n) is 6.54. The third-order valence-electron chi connectivity index (χ3n) is 1.89. The number of hydrogen-bond acceptors (Lipinski definition) is 2. The molecule has 0 aromatic heterocycles. The van der Waals surface area contributed by atoms with Crippen molar-refractivity contribution in [1.29, 1.82) is 0 Å². The largest absolute Gasteiger partial charge is 0.400 e. The minimum Gasteiger partial charge on any atom is -0.400 e. The highest BCUT2D eigenvalue weighted by Gasteiger charge is 2.24. The van der Waals surface area contributed by atoms with Crippen LogP contribution in [0.5, 0.6) is 0 Å². The summed E-state index contributed by atoms with van der Waals surface area (Å²) in [6.45, 7) is 0. The van der Waals surface area contributed by atoms with Crippen LogP contribution in [0, 0.1) is 0 Å². The monoisotopic (exact) mass is 158 g/mol. The topological polar surface area (TPSA) is 18.5 Å². The van der Waals surface area contributed by atoms with Gasteiger partial charge in [-0.3, -0.25) is 0 Å². The Labute approximate surface area is 63.7 Å². The first-order valence-electron chi connectivity index (χ1n) is 3.59. The summed E-state index contributed by atoms with van der Waals surface area (Å²) in [6.07, 6.45) is 6.72. The molecule has 0 atom stereocenters. The molecule has 0 saturated carbocycles. The molecule has 1 aliphatic carbocycles. The molecule has 0 heterocycles. The lowest BCUT2D eigenvalue weighted by molar-refractivity contribution is 0.266. The molecule has 0 fully saturated rings. The first-order chi connectivity index (χ1) is 4.88. The fraction of sp³-hybridized carbons (Fsp3) is 0.714. The predicted molar refractivity (Wildman–Crippen MR) is 43.3 cm³/mol. The minimum atomic E-state index is -1.31. The van der Waals surface area contributed by atoms with E-state index in [-0.39, 0.29) is 0 Å². The summed E-state index contributed by atoms with van der Waals surface area (Å²) in [4.78, 5) is 0. The molecule has 0 amide bonds. The number of hydrogen-bond donors (Lipinski definition) is 0. The summed E-state index contributed by atoms with van der Waals surface area (Å²) in [5.41, 5.74) is 0.676. The molecule has 0 spiro atoms. The summed E-state index contributed by atoms with van der Waals surface area (Å²) >= 11 is 0. The van der Waals surface area contributed by atoms with Gasteiger partial charge in [0.15, 0.2) is 0 Å². The smallest absolute Gasteiger partial charge is 0.324 e. The van der Waals surface area contributed by atoms with Crippen LogP contribution in [0.1, 0.15) is 12.8 Å². The lowest BCUT2D eigenvalue weighted by Gasteiger charge is -2.16. The minimum absolute atomic E-state index is 0.676. The SMILES string of the molecule is CO[SiH](OC)C1CC=CC1. The molecular formula is C7H14O2Si. The summed E-state index contributed by atoms with van der Waals surface area (Å²) in [7, 11) is 2.19. The quantitative estimate of drug-likeness (QED) is 0.454. The van der Waals surface area contributed by atoms with E-state index in [2.05, 4.69) is 12.2 Å². The Morgan fingerprint density at radius 1 is 1.20 bits per heavy atom. The molecular weight excluding hydrogens is 144 g/mol. The maximum absolute atomic E-state index is 5.26. The highest BCUT2D eigenvalue weighted by molar-refractivity contribution is 6.46. The lowest BCUT2D eigenvalue weighted by Crippen LogP contribution is -2.24. The van der Waals surface area contributed by atoms with Gasteiger partial charge in [-0.25, -0.2) is 0 Å². The Hall–Kier alpha value is -0.123. The lowest BCUT2D eigenvalue weighted by atomic mass is 10.3.